The second-order valence-corrected chi connectivity index (χ2v) is 4.41. The van der Waals surface area contributed by atoms with E-state index in [-0.39, 0.29) is 11.8 Å². The Morgan fingerprint density at radius 2 is 1.88 bits per heavy atom. The SMILES string of the molecule is CC1OC(=O)C(CCCc2ccccc2)C1=O. The maximum absolute atomic E-state index is 11.6. The highest BCUT2D eigenvalue weighted by Crippen LogP contribution is 2.22. The number of hydrogen-bond acceptors (Lipinski definition) is 3. The van der Waals surface area contributed by atoms with Gasteiger partial charge in [-0.15, -0.1) is 0 Å². The summed E-state index contributed by atoms with van der Waals surface area (Å²) in [6, 6.07) is 10.1. The van der Waals surface area contributed by atoms with Crippen LogP contribution in [0.4, 0.5) is 0 Å². The van der Waals surface area contributed by atoms with E-state index in [0.29, 0.717) is 6.42 Å². The van der Waals surface area contributed by atoms with Gasteiger partial charge in [0.05, 0.1) is 0 Å². The number of carbonyl (C=O) groups is 2. The predicted octanol–water partition coefficient (Wildman–Crippen LogP) is 2.14. The van der Waals surface area contributed by atoms with Crippen LogP contribution in [0.5, 0.6) is 0 Å². The van der Waals surface area contributed by atoms with Crippen molar-refractivity contribution in [1.82, 2.24) is 0 Å². The molecule has 1 aromatic carbocycles. The third-order valence-corrected chi connectivity index (χ3v) is 3.12. The average Bonchev–Trinajstić information content (AvgIpc) is 2.57. The third-order valence-electron chi connectivity index (χ3n) is 3.12. The van der Waals surface area contributed by atoms with E-state index in [9.17, 15) is 9.59 Å². The first-order valence-electron chi connectivity index (χ1n) is 5.96. The number of aryl methyl sites for hydroxylation is 1. The van der Waals surface area contributed by atoms with Crippen molar-refractivity contribution >= 4 is 11.8 Å². The van der Waals surface area contributed by atoms with E-state index in [2.05, 4.69) is 12.1 Å². The summed E-state index contributed by atoms with van der Waals surface area (Å²) in [5.41, 5.74) is 1.24. The van der Waals surface area contributed by atoms with Crippen LogP contribution in [-0.2, 0) is 20.7 Å². The van der Waals surface area contributed by atoms with Gasteiger partial charge in [-0.05, 0) is 31.7 Å². The van der Waals surface area contributed by atoms with Crippen LogP contribution in [-0.4, -0.2) is 17.9 Å². The van der Waals surface area contributed by atoms with Crippen LogP contribution in [0.2, 0.25) is 0 Å². The molecule has 0 amide bonds. The fraction of sp³-hybridized carbons (Fsp3) is 0.429. The standard InChI is InChI=1S/C14H16O3/c1-10-13(15)12(14(16)17-10)9-5-8-11-6-3-2-4-7-11/h2-4,6-7,10,12H,5,8-9H2,1H3. The van der Waals surface area contributed by atoms with E-state index < -0.39 is 12.0 Å². The minimum Gasteiger partial charge on any atom is -0.454 e. The van der Waals surface area contributed by atoms with Crippen molar-refractivity contribution in [2.45, 2.75) is 32.3 Å². The molecule has 1 fully saturated rings. The highest BCUT2D eigenvalue weighted by Gasteiger charge is 2.39. The normalized spacial score (nSPS) is 23.8. The molecule has 17 heavy (non-hydrogen) atoms. The largest absolute Gasteiger partial charge is 0.454 e. The fourth-order valence-electron chi connectivity index (χ4n) is 2.13. The molecule has 90 valence electrons. The molecule has 1 aliphatic heterocycles. The summed E-state index contributed by atoms with van der Waals surface area (Å²) in [6.07, 6.45) is 1.77. The molecule has 0 saturated carbocycles. The minimum atomic E-state index is -0.552. The zero-order valence-electron chi connectivity index (χ0n) is 9.89. The molecule has 2 unspecified atom stereocenters. The molecular weight excluding hydrogens is 216 g/mol. The molecule has 0 spiro atoms. The number of esters is 1. The van der Waals surface area contributed by atoms with Crippen molar-refractivity contribution in [3.63, 3.8) is 0 Å². The summed E-state index contributed by atoms with van der Waals surface area (Å²) in [5, 5.41) is 0. The number of ketones is 1. The predicted molar refractivity (Wildman–Crippen MR) is 63.4 cm³/mol. The number of Topliss-reactive ketones (excluding diaryl/α,β-unsaturated/α-hetero) is 1. The van der Waals surface area contributed by atoms with Gasteiger partial charge in [-0.2, -0.15) is 0 Å². The van der Waals surface area contributed by atoms with Gasteiger partial charge >= 0.3 is 5.97 Å². The molecule has 1 aromatic rings. The van der Waals surface area contributed by atoms with Crippen LogP contribution in [0.1, 0.15) is 25.3 Å². The summed E-state index contributed by atoms with van der Waals surface area (Å²) in [6.45, 7) is 1.64. The van der Waals surface area contributed by atoms with Gasteiger partial charge in [0.1, 0.15) is 5.92 Å². The lowest BCUT2D eigenvalue weighted by Crippen LogP contribution is -2.18. The molecular formula is C14H16O3. The fourth-order valence-corrected chi connectivity index (χ4v) is 2.13. The third kappa shape index (κ3) is 2.73. The lowest BCUT2D eigenvalue weighted by atomic mass is 9.96. The van der Waals surface area contributed by atoms with Crippen molar-refractivity contribution in [1.29, 1.82) is 0 Å². The van der Waals surface area contributed by atoms with E-state index in [4.69, 9.17) is 4.74 Å². The van der Waals surface area contributed by atoms with Crippen LogP contribution >= 0.6 is 0 Å². The number of cyclic esters (lactones) is 1. The van der Waals surface area contributed by atoms with Gasteiger partial charge in [0.2, 0.25) is 0 Å². The Labute approximate surface area is 101 Å². The molecule has 0 bridgehead atoms. The maximum atomic E-state index is 11.6. The highest BCUT2D eigenvalue weighted by atomic mass is 16.6. The number of carbonyl (C=O) groups excluding carboxylic acids is 2. The van der Waals surface area contributed by atoms with Crippen LogP contribution in [0.3, 0.4) is 0 Å². The van der Waals surface area contributed by atoms with Gasteiger partial charge in [0, 0.05) is 0 Å². The van der Waals surface area contributed by atoms with Crippen molar-refractivity contribution in [3.8, 4) is 0 Å². The number of ether oxygens (including phenoxy) is 1. The Balaban J connectivity index is 1.83. The summed E-state index contributed by atoms with van der Waals surface area (Å²) in [7, 11) is 0. The molecule has 3 nitrogen and oxygen atoms in total. The van der Waals surface area contributed by atoms with E-state index in [1.807, 2.05) is 18.2 Å². The minimum absolute atomic E-state index is 0.0666. The second kappa shape index (κ2) is 5.13. The first-order chi connectivity index (χ1) is 8.18. The molecule has 2 atom stereocenters. The number of rotatable bonds is 4. The van der Waals surface area contributed by atoms with Gasteiger partial charge in [0.15, 0.2) is 11.9 Å². The van der Waals surface area contributed by atoms with Crippen molar-refractivity contribution < 1.29 is 14.3 Å². The first kappa shape index (κ1) is 11.8. The lowest BCUT2D eigenvalue weighted by molar-refractivity contribution is -0.144. The Hall–Kier alpha value is -1.64. The van der Waals surface area contributed by atoms with Crippen LogP contribution in [0.15, 0.2) is 30.3 Å². The molecule has 1 heterocycles. The monoisotopic (exact) mass is 232 g/mol. The van der Waals surface area contributed by atoms with Crippen LogP contribution in [0, 0.1) is 5.92 Å². The first-order valence-corrected chi connectivity index (χ1v) is 5.96. The van der Waals surface area contributed by atoms with Gasteiger partial charge in [0.25, 0.3) is 0 Å². The quantitative estimate of drug-likeness (QED) is 0.590. The summed E-state index contributed by atoms with van der Waals surface area (Å²) in [4.78, 5) is 23.0. The number of hydrogen-bond donors (Lipinski definition) is 0. The zero-order chi connectivity index (χ0) is 12.3. The van der Waals surface area contributed by atoms with Crippen LogP contribution in [0.25, 0.3) is 0 Å². The highest BCUT2D eigenvalue weighted by molar-refractivity contribution is 6.06. The summed E-state index contributed by atoms with van der Waals surface area (Å²) in [5.74, 6) is -0.952. The molecule has 0 radical (unpaired) electrons. The van der Waals surface area contributed by atoms with Gasteiger partial charge in [-0.25, -0.2) is 0 Å². The molecule has 0 N–H and O–H groups in total. The lowest BCUT2D eigenvalue weighted by Gasteiger charge is -2.04. The molecule has 1 saturated heterocycles. The Morgan fingerprint density at radius 1 is 1.18 bits per heavy atom. The molecule has 0 aromatic heterocycles. The smallest absolute Gasteiger partial charge is 0.317 e. The van der Waals surface area contributed by atoms with E-state index in [1.54, 1.807) is 6.92 Å². The van der Waals surface area contributed by atoms with E-state index >= 15 is 0 Å². The Morgan fingerprint density at radius 3 is 2.47 bits per heavy atom. The van der Waals surface area contributed by atoms with Gasteiger partial charge in [-0.3, -0.25) is 9.59 Å². The maximum Gasteiger partial charge on any atom is 0.317 e. The molecule has 0 aliphatic carbocycles. The van der Waals surface area contributed by atoms with E-state index in [0.717, 1.165) is 12.8 Å². The molecule has 1 aliphatic rings. The van der Waals surface area contributed by atoms with Gasteiger partial charge < -0.3 is 4.74 Å². The van der Waals surface area contributed by atoms with Crippen molar-refractivity contribution in [2.75, 3.05) is 0 Å². The average molecular weight is 232 g/mol. The summed E-state index contributed by atoms with van der Waals surface area (Å²) >= 11 is 0. The zero-order valence-corrected chi connectivity index (χ0v) is 9.89. The Bertz CT molecular complexity index is 411. The summed E-state index contributed by atoms with van der Waals surface area (Å²) < 4.78 is 4.90. The molecule has 2 rings (SSSR count). The topological polar surface area (TPSA) is 43.4 Å². The van der Waals surface area contributed by atoms with Crippen LogP contribution < -0.4 is 0 Å². The van der Waals surface area contributed by atoms with Crippen molar-refractivity contribution in [3.05, 3.63) is 35.9 Å². The van der Waals surface area contributed by atoms with E-state index in [1.165, 1.54) is 5.56 Å². The Kier molecular flexibility index (Phi) is 3.57. The van der Waals surface area contributed by atoms with Crippen molar-refractivity contribution in [2.24, 2.45) is 5.92 Å². The molecule has 3 heteroatoms. The van der Waals surface area contributed by atoms with Gasteiger partial charge in [-0.1, -0.05) is 30.3 Å². The number of benzene rings is 1. The second-order valence-electron chi connectivity index (χ2n) is 4.41.